The van der Waals surface area contributed by atoms with Gasteiger partial charge < -0.3 is 25.2 Å². The van der Waals surface area contributed by atoms with Crippen molar-refractivity contribution in [1.29, 1.82) is 0 Å². The third-order valence-corrected chi connectivity index (χ3v) is 5.21. The number of aromatic nitrogens is 3. The van der Waals surface area contributed by atoms with Crippen molar-refractivity contribution in [2.75, 3.05) is 18.4 Å². The summed E-state index contributed by atoms with van der Waals surface area (Å²) in [6.45, 7) is 11.1. The monoisotopic (exact) mass is 550 g/mol. The van der Waals surface area contributed by atoms with E-state index < -0.39 is 23.4 Å². The van der Waals surface area contributed by atoms with Gasteiger partial charge in [-0.3, -0.25) is 4.90 Å². The molecule has 2 aromatic heterocycles. The Kier molecular flexibility index (Phi) is 10.0. The van der Waals surface area contributed by atoms with Crippen LogP contribution in [-0.2, 0) is 22.6 Å². The van der Waals surface area contributed by atoms with Gasteiger partial charge in [-0.15, -0.1) is 0 Å². The van der Waals surface area contributed by atoms with Gasteiger partial charge in [-0.2, -0.15) is 0 Å². The molecule has 0 unspecified atom stereocenters. The number of hydrogen-bond donors (Lipinski definition) is 3. The molecular formula is C29H38N6O5. The van der Waals surface area contributed by atoms with Crippen molar-refractivity contribution in [2.45, 2.75) is 65.9 Å². The Morgan fingerprint density at radius 1 is 0.925 bits per heavy atom. The van der Waals surface area contributed by atoms with Crippen molar-refractivity contribution in [2.24, 2.45) is 0 Å². The van der Waals surface area contributed by atoms with Crippen LogP contribution in [0.3, 0.4) is 0 Å². The molecule has 0 saturated heterocycles. The number of pyridine rings is 1. The number of hydrogen-bond acceptors (Lipinski definition) is 9. The van der Waals surface area contributed by atoms with Crippen LogP contribution < -0.4 is 10.6 Å². The zero-order chi connectivity index (χ0) is 29.3. The average Bonchev–Trinajstić information content (AvgIpc) is 2.87. The first-order valence-electron chi connectivity index (χ1n) is 13.0. The van der Waals surface area contributed by atoms with Gasteiger partial charge in [-0.05, 0) is 76.9 Å². The van der Waals surface area contributed by atoms with Gasteiger partial charge in [0.05, 0.1) is 13.2 Å². The highest BCUT2D eigenvalue weighted by Gasteiger charge is 2.24. The lowest BCUT2D eigenvalue weighted by Gasteiger charge is -2.27. The summed E-state index contributed by atoms with van der Waals surface area (Å²) in [5, 5.41) is 15.3. The summed E-state index contributed by atoms with van der Waals surface area (Å²) in [7, 11) is 0. The molecule has 0 aliphatic carbocycles. The zero-order valence-corrected chi connectivity index (χ0v) is 23.9. The predicted octanol–water partition coefficient (Wildman–Crippen LogP) is 5.04. The number of ether oxygens (including phenoxy) is 2. The van der Waals surface area contributed by atoms with E-state index in [1.807, 2.05) is 36.4 Å². The second-order valence-corrected chi connectivity index (χ2v) is 11.1. The number of anilines is 2. The molecule has 0 saturated carbocycles. The van der Waals surface area contributed by atoms with Crippen molar-refractivity contribution < 1.29 is 24.2 Å². The standard InChI is InChI=1S/C29H38N6O5/c1-28(2,3)39-26(37)31-12-13-35(27(38)40-29(4,5)6)18-25-32-16-22(17-33-25)21-10-11-30-24(15-21)34-23-9-7-8-20(14-23)19-36/h7-11,14-17,36H,12-13,18-19H2,1-6H3,(H,30,34)(H,31,37). The summed E-state index contributed by atoms with van der Waals surface area (Å²) >= 11 is 0. The summed E-state index contributed by atoms with van der Waals surface area (Å²) in [6, 6.07) is 11.2. The van der Waals surface area contributed by atoms with E-state index in [2.05, 4.69) is 25.6 Å². The topological polar surface area (TPSA) is 139 Å². The summed E-state index contributed by atoms with van der Waals surface area (Å²) in [5.74, 6) is 1.05. The Labute approximate surface area is 235 Å². The molecule has 0 aliphatic rings. The van der Waals surface area contributed by atoms with E-state index in [0.717, 1.165) is 22.4 Å². The molecule has 0 fully saturated rings. The minimum atomic E-state index is -0.689. The smallest absolute Gasteiger partial charge is 0.410 e. The molecule has 1 aromatic carbocycles. The van der Waals surface area contributed by atoms with Gasteiger partial charge in [0.2, 0.25) is 0 Å². The van der Waals surface area contributed by atoms with Crippen molar-refractivity contribution in [3.05, 3.63) is 66.4 Å². The van der Waals surface area contributed by atoms with E-state index in [1.165, 1.54) is 4.90 Å². The van der Waals surface area contributed by atoms with Gasteiger partial charge in [-0.25, -0.2) is 24.5 Å². The van der Waals surface area contributed by atoms with E-state index in [9.17, 15) is 14.7 Å². The van der Waals surface area contributed by atoms with Gasteiger partial charge in [-0.1, -0.05) is 12.1 Å². The lowest BCUT2D eigenvalue weighted by Crippen LogP contribution is -2.42. The fraction of sp³-hybridized carbons (Fsp3) is 0.414. The van der Waals surface area contributed by atoms with Crippen LogP contribution in [0.5, 0.6) is 0 Å². The minimum Gasteiger partial charge on any atom is -0.444 e. The number of nitrogens with one attached hydrogen (secondary N) is 2. The second kappa shape index (κ2) is 13.2. The molecule has 2 amide bonds. The first-order valence-corrected chi connectivity index (χ1v) is 13.0. The van der Waals surface area contributed by atoms with E-state index in [-0.39, 0.29) is 26.2 Å². The summed E-state index contributed by atoms with van der Waals surface area (Å²) in [6.07, 6.45) is 3.94. The highest BCUT2D eigenvalue weighted by atomic mass is 16.6. The van der Waals surface area contributed by atoms with Crippen LogP contribution in [0.2, 0.25) is 0 Å². The molecule has 3 N–H and O–H groups in total. The van der Waals surface area contributed by atoms with Crippen molar-refractivity contribution >= 4 is 23.7 Å². The number of benzene rings is 1. The van der Waals surface area contributed by atoms with Crippen LogP contribution >= 0.6 is 0 Å². The largest absolute Gasteiger partial charge is 0.444 e. The molecule has 3 aromatic rings. The van der Waals surface area contributed by atoms with Crippen LogP contribution in [0.1, 0.15) is 52.9 Å². The summed E-state index contributed by atoms with van der Waals surface area (Å²) in [5.41, 5.74) is 1.92. The van der Waals surface area contributed by atoms with Gasteiger partial charge in [0.1, 0.15) is 22.8 Å². The SMILES string of the molecule is CC(C)(C)OC(=O)NCCN(Cc1ncc(-c2ccnc(Nc3cccc(CO)c3)c2)cn1)C(=O)OC(C)(C)C. The number of nitrogens with zero attached hydrogens (tertiary/aromatic N) is 4. The number of carbonyl (C=O) groups is 2. The van der Waals surface area contributed by atoms with E-state index in [1.54, 1.807) is 60.1 Å². The fourth-order valence-corrected chi connectivity index (χ4v) is 3.50. The highest BCUT2D eigenvalue weighted by Crippen LogP contribution is 2.23. The number of amides is 2. The Balaban J connectivity index is 1.68. The molecule has 3 rings (SSSR count). The molecule has 0 atom stereocenters. The molecule has 0 bridgehead atoms. The molecule has 2 heterocycles. The van der Waals surface area contributed by atoms with E-state index in [0.29, 0.717) is 11.6 Å². The molecule has 40 heavy (non-hydrogen) atoms. The lowest BCUT2D eigenvalue weighted by atomic mass is 10.1. The van der Waals surface area contributed by atoms with Crippen molar-refractivity contribution in [3.8, 4) is 11.1 Å². The Morgan fingerprint density at radius 2 is 1.62 bits per heavy atom. The molecule has 11 heteroatoms. The fourth-order valence-electron chi connectivity index (χ4n) is 3.50. The second-order valence-electron chi connectivity index (χ2n) is 11.1. The molecule has 214 valence electrons. The number of aliphatic hydroxyl groups excluding tert-OH is 1. The molecule has 11 nitrogen and oxygen atoms in total. The third-order valence-electron chi connectivity index (χ3n) is 5.21. The van der Waals surface area contributed by atoms with Crippen LogP contribution in [0, 0.1) is 0 Å². The number of rotatable bonds is 9. The maximum atomic E-state index is 12.9. The number of carbonyl (C=O) groups excluding carboxylic acids is 2. The molecule has 0 aliphatic heterocycles. The average molecular weight is 551 g/mol. The number of alkyl carbamates (subject to hydrolysis) is 1. The Hall–Kier alpha value is -4.25. The Bertz CT molecular complexity index is 1290. The van der Waals surface area contributed by atoms with Gasteiger partial charge in [0.15, 0.2) is 0 Å². The summed E-state index contributed by atoms with van der Waals surface area (Å²) in [4.78, 5) is 39.6. The van der Waals surface area contributed by atoms with Crippen LogP contribution in [0.25, 0.3) is 11.1 Å². The molecule has 0 spiro atoms. The first kappa shape index (κ1) is 30.3. The van der Waals surface area contributed by atoms with E-state index >= 15 is 0 Å². The highest BCUT2D eigenvalue weighted by molar-refractivity contribution is 5.70. The van der Waals surface area contributed by atoms with Crippen LogP contribution in [0.15, 0.2) is 55.0 Å². The van der Waals surface area contributed by atoms with Crippen molar-refractivity contribution in [3.63, 3.8) is 0 Å². The molecule has 0 radical (unpaired) electrons. The normalized spacial score (nSPS) is 11.5. The van der Waals surface area contributed by atoms with Crippen LogP contribution in [0.4, 0.5) is 21.1 Å². The predicted molar refractivity (Wildman–Crippen MR) is 152 cm³/mol. The number of aliphatic hydroxyl groups is 1. The van der Waals surface area contributed by atoms with Gasteiger partial charge in [0, 0.05) is 42.9 Å². The summed E-state index contributed by atoms with van der Waals surface area (Å²) < 4.78 is 10.8. The maximum absolute atomic E-state index is 12.9. The first-order chi connectivity index (χ1) is 18.8. The molecular weight excluding hydrogens is 512 g/mol. The van der Waals surface area contributed by atoms with Crippen LogP contribution in [-0.4, -0.2) is 61.4 Å². The Morgan fingerprint density at radius 3 is 2.27 bits per heavy atom. The maximum Gasteiger partial charge on any atom is 0.410 e. The lowest BCUT2D eigenvalue weighted by molar-refractivity contribution is 0.0220. The van der Waals surface area contributed by atoms with Gasteiger partial charge >= 0.3 is 12.2 Å². The zero-order valence-electron chi connectivity index (χ0n) is 23.9. The third kappa shape index (κ3) is 10.1. The van der Waals surface area contributed by atoms with Gasteiger partial charge in [0.25, 0.3) is 0 Å². The van der Waals surface area contributed by atoms with Crippen molar-refractivity contribution in [1.82, 2.24) is 25.2 Å². The quantitative estimate of drug-likeness (QED) is 0.334. The minimum absolute atomic E-state index is 0.0434. The van der Waals surface area contributed by atoms with E-state index in [4.69, 9.17) is 9.47 Å².